The van der Waals surface area contributed by atoms with Crippen LogP contribution in [0.5, 0.6) is 5.75 Å². The molecule has 1 saturated heterocycles. The Morgan fingerprint density at radius 2 is 1.79 bits per heavy atom. The Hall–Kier alpha value is -3.65. The zero-order valence-electron chi connectivity index (χ0n) is 18.7. The van der Waals surface area contributed by atoms with E-state index >= 15 is 0 Å². The van der Waals surface area contributed by atoms with Gasteiger partial charge in [0.05, 0.1) is 12.0 Å². The van der Waals surface area contributed by atoms with E-state index in [1.807, 2.05) is 62.4 Å². The van der Waals surface area contributed by atoms with E-state index in [9.17, 15) is 9.59 Å². The molecule has 0 spiro atoms. The van der Waals surface area contributed by atoms with Gasteiger partial charge in [0.25, 0.3) is 5.91 Å². The fourth-order valence-corrected chi connectivity index (χ4v) is 3.64. The molecule has 3 aromatic rings. The van der Waals surface area contributed by atoms with Crippen molar-refractivity contribution in [3.63, 3.8) is 0 Å². The molecule has 2 heterocycles. The van der Waals surface area contributed by atoms with Gasteiger partial charge in [0.15, 0.2) is 11.5 Å². The number of aromatic nitrogens is 1. The van der Waals surface area contributed by atoms with Crippen molar-refractivity contribution in [2.75, 3.05) is 13.1 Å². The Morgan fingerprint density at radius 1 is 1.12 bits per heavy atom. The van der Waals surface area contributed by atoms with Crippen LogP contribution in [0.3, 0.4) is 0 Å². The smallest absolute Gasteiger partial charge is 0.309 e. The Balaban J connectivity index is 1.29. The lowest BCUT2D eigenvalue weighted by Crippen LogP contribution is -2.49. The highest BCUT2D eigenvalue weighted by atomic mass is 16.5. The van der Waals surface area contributed by atoms with Crippen LogP contribution in [-0.4, -0.2) is 46.2 Å². The predicted octanol–water partition coefficient (Wildman–Crippen LogP) is 3.58. The lowest BCUT2D eigenvalue weighted by molar-refractivity contribution is -0.147. The second kappa shape index (κ2) is 9.87. The molecule has 1 amide bonds. The Labute approximate surface area is 192 Å². The van der Waals surface area contributed by atoms with Crippen LogP contribution >= 0.6 is 0 Å². The topological polar surface area (TPSA) is 105 Å². The van der Waals surface area contributed by atoms with Gasteiger partial charge in [-0.2, -0.15) is 0 Å². The second-order valence-corrected chi connectivity index (χ2v) is 8.50. The largest absolute Gasteiger partial charge is 0.491 e. The standard InChI is InChI=1S/C25H27N3O5/c1-16(2)32-21-9-5-17(6-10-21)12-26-24(29)22-11-23(33-27-22)19-7-3-18(4-8-19)13-28-14-20(15-28)25(30)31/h3-11,16,20H,12-15H2,1-2H3,(H,26,29)(H,30,31). The fraction of sp³-hybridized carbons (Fsp3) is 0.320. The molecule has 0 bridgehead atoms. The zero-order chi connectivity index (χ0) is 23.4. The molecule has 0 atom stereocenters. The average Bonchev–Trinajstić information content (AvgIpc) is 3.25. The van der Waals surface area contributed by atoms with E-state index in [-0.39, 0.29) is 23.6 Å². The highest BCUT2D eigenvalue weighted by Gasteiger charge is 2.32. The molecule has 0 saturated carbocycles. The number of carbonyl (C=O) groups excluding carboxylic acids is 1. The number of rotatable bonds is 9. The Bertz CT molecular complexity index is 1100. The quantitative estimate of drug-likeness (QED) is 0.514. The van der Waals surface area contributed by atoms with Crippen LogP contribution in [0.1, 0.15) is 35.5 Å². The summed E-state index contributed by atoms with van der Waals surface area (Å²) in [6, 6.07) is 17.0. The molecule has 8 nitrogen and oxygen atoms in total. The summed E-state index contributed by atoms with van der Waals surface area (Å²) >= 11 is 0. The molecule has 4 rings (SSSR count). The monoisotopic (exact) mass is 449 g/mol. The molecule has 1 aromatic heterocycles. The highest BCUT2D eigenvalue weighted by molar-refractivity contribution is 5.93. The summed E-state index contributed by atoms with van der Waals surface area (Å²) in [7, 11) is 0. The maximum atomic E-state index is 12.5. The number of carbonyl (C=O) groups is 2. The average molecular weight is 450 g/mol. The molecule has 1 aliphatic rings. The Morgan fingerprint density at radius 3 is 2.42 bits per heavy atom. The lowest BCUT2D eigenvalue weighted by Gasteiger charge is -2.36. The van der Waals surface area contributed by atoms with Gasteiger partial charge in [-0.15, -0.1) is 0 Å². The molecule has 0 radical (unpaired) electrons. The Kier molecular flexibility index (Phi) is 6.74. The summed E-state index contributed by atoms with van der Waals surface area (Å²) in [6.45, 7) is 6.18. The van der Waals surface area contributed by atoms with Crippen LogP contribution in [0.2, 0.25) is 0 Å². The first-order valence-corrected chi connectivity index (χ1v) is 10.9. The van der Waals surface area contributed by atoms with Gasteiger partial charge in [-0.3, -0.25) is 14.5 Å². The van der Waals surface area contributed by atoms with E-state index in [0.717, 1.165) is 22.4 Å². The molecule has 2 aromatic carbocycles. The third-order valence-electron chi connectivity index (χ3n) is 5.44. The maximum absolute atomic E-state index is 12.5. The number of amides is 1. The number of nitrogens with zero attached hydrogens (tertiary/aromatic N) is 2. The van der Waals surface area contributed by atoms with Crippen molar-refractivity contribution in [3.8, 4) is 17.1 Å². The molecule has 0 aliphatic carbocycles. The van der Waals surface area contributed by atoms with Crippen LogP contribution in [0, 0.1) is 5.92 Å². The number of likely N-dealkylation sites (tertiary alicyclic amines) is 1. The second-order valence-electron chi connectivity index (χ2n) is 8.50. The van der Waals surface area contributed by atoms with Crippen LogP contribution in [0.15, 0.2) is 59.1 Å². The number of carboxylic acid groups (broad SMARTS) is 1. The summed E-state index contributed by atoms with van der Waals surface area (Å²) in [4.78, 5) is 25.5. The zero-order valence-corrected chi connectivity index (χ0v) is 18.7. The summed E-state index contributed by atoms with van der Waals surface area (Å²) in [6.07, 6.45) is 0.111. The van der Waals surface area contributed by atoms with Crippen molar-refractivity contribution < 1.29 is 24.0 Å². The number of carboxylic acids is 1. The minimum Gasteiger partial charge on any atom is -0.491 e. The van der Waals surface area contributed by atoms with Crippen LogP contribution in [-0.2, 0) is 17.9 Å². The minimum absolute atomic E-state index is 0.111. The molecular formula is C25H27N3O5. The molecule has 2 N–H and O–H groups in total. The van der Waals surface area contributed by atoms with Gasteiger partial charge >= 0.3 is 5.97 Å². The first kappa shape index (κ1) is 22.5. The minimum atomic E-state index is -0.735. The first-order valence-electron chi connectivity index (χ1n) is 10.9. The SMILES string of the molecule is CC(C)Oc1ccc(CNC(=O)c2cc(-c3ccc(CN4CC(C(=O)O)C4)cc3)on2)cc1. The number of aliphatic carboxylic acids is 1. The van der Waals surface area contributed by atoms with Crippen molar-refractivity contribution in [1.29, 1.82) is 0 Å². The van der Waals surface area contributed by atoms with E-state index < -0.39 is 5.97 Å². The van der Waals surface area contributed by atoms with Gasteiger partial charge in [0.2, 0.25) is 0 Å². The molecule has 1 fully saturated rings. The van der Waals surface area contributed by atoms with E-state index in [4.69, 9.17) is 14.4 Å². The first-order chi connectivity index (χ1) is 15.9. The van der Waals surface area contributed by atoms with Gasteiger partial charge in [-0.1, -0.05) is 41.6 Å². The van der Waals surface area contributed by atoms with E-state index in [1.54, 1.807) is 6.07 Å². The van der Waals surface area contributed by atoms with Crippen LogP contribution in [0.25, 0.3) is 11.3 Å². The molecule has 33 heavy (non-hydrogen) atoms. The van der Waals surface area contributed by atoms with Crippen molar-refractivity contribution in [1.82, 2.24) is 15.4 Å². The van der Waals surface area contributed by atoms with E-state index in [1.165, 1.54) is 0 Å². The third-order valence-corrected chi connectivity index (χ3v) is 5.44. The molecular weight excluding hydrogens is 422 g/mol. The van der Waals surface area contributed by atoms with Gasteiger partial charge in [-0.05, 0) is 37.1 Å². The number of benzene rings is 2. The number of ether oxygens (including phenoxy) is 1. The lowest BCUT2D eigenvalue weighted by atomic mass is 9.99. The fourth-order valence-electron chi connectivity index (χ4n) is 3.64. The number of hydrogen-bond donors (Lipinski definition) is 2. The maximum Gasteiger partial charge on any atom is 0.309 e. The summed E-state index contributed by atoms with van der Waals surface area (Å²) < 4.78 is 11.0. The normalized spacial score (nSPS) is 14.2. The summed E-state index contributed by atoms with van der Waals surface area (Å²) in [5.41, 5.74) is 3.08. The summed E-state index contributed by atoms with van der Waals surface area (Å²) in [5, 5.41) is 15.7. The number of hydrogen-bond acceptors (Lipinski definition) is 6. The van der Waals surface area contributed by atoms with E-state index in [0.29, 0.717) is 31.9 Å². The van der Waals surface area contributed by atoms with Gasteiger partial charge in [-0.25, -0.2) is 0 Å². The van der Waals surface area contributed by atoms with Gasteiger partial charge in [0, 0.05) is 37.8 Å². The van der Waals surface area contributed by atoms with Crippen molar-refractivity contribution in [2.45, 2.75) is 33.0 Å². The number of nitrogens with one attached hydrogen (secondary N) is 1. The molecule has 8 heteroatoms. The van der Waals surface area contributed by atoms with Gasteiger partial charge in [0.1, 0.15) is 5.75 Å². The molecule has 1 aliphatic heterocycles. The van der Waals surface area contributed by atoms with Crippen LogP contribution < -0.4 is 10.1 Å². The van der Waals surface area contributed by atoms with Gasteiger partial charge < -0.3 is 19.7 Å². The van der Waals surface area contributed by atoms with Crippen molar-refractivity contribution >= 4 is 11.9 Å². The summed E-state index contributed by atoms with van der Waals surface area (Å²) in [5.74, 6) is -0.00423. The molecule has 0 unspecified atom stereocenters. The molecule has 172 valence electrons. The highest BCUT2D eigenvalue weighted by Crippen LogP contribution is 2.23. The van der Waals surface area contributed by atoms with Crippen LogP contribution in [0.4, 0.5) is 0 Å². The van der Waals surface area contributed by atoms with Crippen molar-refractivity contribution in [2.24, 2.45) is 5.92 Å². The van der Waals surface area contributed by atoms with E-state index in [2.05, 4.69) is 15.4 Å². The predicted molar refractivity (Wildman–Crippen MR) is 122 cm³/mol. The van der Waals surface area contributed by atoms with Crippen molar-refractivity contribution in [3.05, 3.63) is 71.4 Å². The third kappa shape index (κ3) is 5.78.